The summed E-state index contributed by atoms with van der Waals surface area (Å²) in [5, 5.41) is 12.2. The largest absolute Gasteiger partial charge is 0.496 e. The quantitative estimate of drug-likeness (QED) is 0.823. The summed E-state index contributed by atoms with van der Waals surface area (Å²) in [4.78, 5) is 11.5. The smallest absolute Gasteiger partial charge is 0.251 e. The fourth-order valence-corrected chi connectivity index (χ4v) is 1.77. The highest BCUT2D eigenvalue weighted by molar-refractivity contribution is 5.83. The Morgan fingerprint density at radius 2 is 2.11 bits per heavy atom. The lowest BCUT2D eigenvalue weighted by Crippen LogP contribution is -2.42. The fourth-order valence-electron chi connectivity index (χ4n) is 1.77. The number of hydrogen-bond donors (Lipinski definition) is 2. The Hall–Kier alpha value is -1.55. The van der Waals surface area contributed by atoms with Gasteiger partial charge in [0.1, 0.15) is 11.4 Å². The van der Waals surface area contributed by atoms with Gasteiger partial charge in [-0.1, -0.05) is 19.1 Å². The fraction of sp³-hybridized carbons (Fsp3) is 0.533. The van der Waals surface area contributed by atoms with Gasteiger partial charge >= 0.3 is 0 Å². The van der Waals surface area contributed by atoms with Crippen LogP contribution in [0.15, 0.2) is 18.2 Å². The maximum Gasteiger partial charge on any atom is 0.251 e. The number of aliphatic hydroxyl groups is 1. The third-order valence-electron chi connectivity index (χ3n) is 2.99. The zero-order valence-electron chi connectivity index (χ0n) is 12.1. The highest BCUT2D eigenvalue weighted by atomic mass is 16.5. The van der Waals surface area contributed by atoms with Crippen molar-refractivity contribution < 1.29 is 14.6 Å². The van der Waals surface area contributed by atoms with E-state index in [2.05, 4.69) is 18.3 Å². The van der Waals surface area contributed by atoms with Gasteiger partial charge in [-0.05, 0) is 43.9 Å². The van der Waals surface area contributed by atoms with Crippen molar-refractivity contribution in [2.24, 2.45) is 0 Å². The predicted molar refractivity (Wildman–Crippen MR) is 75.4 cm³/mol. The number of ether oxygens (including phenoxy) is 1. The zero-order chi connectivity index (χ0) is 14.5. The summed E-state index contributed by atoms with van der Waals surface area (Å²) in [6, 6.07) is 6.08. The van der Waals surface area contributed by atoms with Gasteiger partial charge in [0.15, 0.2) is 0 Å². The Labute approximate surface area is 114 Å². The van der Waals surface area contributed by atoms with Crippen molar-refractivity contribution in [1.82, 2.24) is 5.32 Å². The molecule has 0 fully saturated rings. The topological polar surface area (TPSA) is 58.6 Å². The average Bonchev–Trinajstić information content (AvgIpc) is 2.37. The number of amides is 1. The van der Waals surface area contributed by atoms with E-state index in [0.717, 1.165) is 17.7 Å². The van der Waals surface area contributed by atoms with Gasteiger partial charge in [0.05, 0.1) is 7.11 Å². The third-order valence-corrected chi connectivity index (χ3v) is 2.99. The summed E-state index contributed by atoms with van der Waals surface area (Å²) in [6.45, 7) is 5.52. The molecule has 0 bridgehead atoms. The van der Waals surface area contributed by atoms with Gasteiger partial charge in [-0.2, -0.15) is 0 Å². The van der Waals surface area contributed by atoms with E-state index in [0.29, 0.717) is 13.0 Å². The van der Waals surface area contributed by atoms with Crippen LogP contribution in [0.3, 0.4) is 0 Å². The molecule has 2 N–H and O–H groups in total. The van der Waals surface area contributed by atoms with Crippen LogP contribution in [0.5, 0.6) is 5.75 Å². The first kappa shape index (κ1) is 15.5. The number of aryl methyl sites for hydroxylation is 1. The number of carbonyl (C=O) groups is 1. The third kappa shape index (κ3) is 4.56. The molecule has 0 aliphatic rings. The molecule has 106 valence electrons. The van der Waals surface area contributed by atoms with Crippen molar-refractivity contribution in [3.05, 3.63) is 29.3 Å². The number of nitrogens with one attached hydrogen (secondary N) is 1. The van der Waals surface area contributed by atoms with E-state index in [-0.39, 0.29) is 5.91 Å². The minimum Gasteiger partial charge on any atom is -0.496 e. The summed E-state index contributed by atoms with van der Waals surface area (Å²) in [5.41, 5.74) is 0.970. The van der Waals surface area contributed by atoms with Gasteiger partial charge in [0.2, 0.25) is 0 Å². The molecule has 1 rings (SSSR count). The second-order valence-electron chi connectivity index (χ2n) is 5.06. The van der Waals surface area contributed by atoms with Gasteiger partial charge in [-0.25, -0.2) is 0 Å². The van der Waals surface area contributed by atoms with Crippen LogP contribution in [0.1, 0.15) is 31.9 Å². The molecule has 0 radical (unpaired) electrons. The van der Waals surface area contributed by atoms with E-state index >= 15 is 0 Å². The minimum absolute atomic E-state index is 0.363. The Kier molecular flexibility index (Phi) is 5.36. The Balaban J connectivity index is 2.64. The molecule has 1 amide bonds. The van der Waals surface area contributed by atoms with Crippen molar-refractivity contribution in [2.75, 3.05) is 13.7 Å². The standard InChI is InChI=1S/C15H23NO3/c1-5-11-6-7-13(19-4)12(10-11)8-9-16-14(17)15(2,3)18/h6-7,10,18H,5,8-9H2,1-4H3,(H,16,17). The molecule has 19 heavy (non-hydrogen) atoms. The number of hydrogen-bond acceptors (Lipinski definition) is 3. The van der Waals surface area contributed by atoms with E-state index in [9.17, 15) is 9.90 Å². The molecule has 0 saturated heterocycles. The van der Waals surface area contributed by atoms with E-state index < -0.39 is 5.60 Å². The van der Waals surface area contributed by atoms with Crippen LogP contribution < -0.4 is 10.1 Å². The van der Waals surface area contributed by atoms with Crippen molar-refractivity contribution >= 4 is 5.91 Å². The molecule has 0 aromatic heterocycles. The maximum absolute atomic E-state index is 11.5. The summed E-state index contributed by atoms with van der Waals surface area (Å²) in [6.07, 6.45) is 1.64. The molecule has 4 heteroatoms. The molecule has 1 aromatic carbocycles. The molecule has 0 heterocycles. The van der Waals surface area contributed by atoms with Gasteiger partial charge < -0.3 is 15.2 Å². The average molecular weight is 265 g/mol. The highest BCUT2D eigenvalue weighted by Crippen LogP contribution is 2.20. The van der Waals surface area contributed by atoms with Crippen LogP contribution in [-0.2, 0) is 17.6 Å². The van der Waals surface area contributed by atoms with Gasteiger partial charge in [0.25, 0.3) is 5.91 Å². The summed E-state index contributed by atoms with van der Waals surface area (Å²) < 4.78 is 5.31. The molecule has 0 atom stereocenters. The van der Waals surface area contributed by atoms with Crippen LogP contribution in [0.25, 0.3) is 0 Å². The van der Waals surface area contributed by atoms with Crippen molar-refractivity contribution in [3.8, 4) is 5.75 Å². The molecule has 0 spiro atoms. The minimum atomic E-state index is -1.34. The molecule has 0 aliphatic carbocycles. The number of benzene rings is 1. The number of carbonyl (C=O) groups excluding carboxylic acids is 1. The first-order chi connectivity index (χ1) is 8.88. The molecular formula is C15H23NO3. The first-order valence-corrected chi connectivity index (χ1v) is 6.55. The molecule has 0 aliphatic heterocycles. The van der Waals surface area contributed by atoms with Crippen LogP contribution in [0, 0.1) is 0 Å². The molecule has 4 nitrogen and oxygen atoms in total. The van der Waals surface area contributed by atoms with Gasteiger partial charge in [-0.3, -0.25) is 4.79 Å². The zero-order valence-corrected chi connectivity index (χ0v) is 12.1. The van der Waals surface area contributed by atoms with Crippen molar-refractivity contribution in [1.29, 1.82) is 0 Å². The molecule has 0 saturated carbocycles. The lowest BCUT2D eigenvalue weighted by molar-refractivity contribution is -0.136. The van der Waals surface area contributed by atoms with Crippen molar-refractivity contribution in [3.63, 3.8) is 0 Å². The normalized spacial score (nSPS) is 11.2. The van der Waals surface area contributed by atoms with E-state index in [1.807, 2.05) is 12.1 Å². The summed E-state index contributed by atoms with van der Waals surface area (Å²) >= 11 is 0. The Morgan fingerprint density at radius 1 is 1.42 bits per heavy atom. The van der Waals surface area contributed by atoms with Crippen LogP contribution in [0.4, 0.5) is 0 Å². The van der Waals surface area contributed by atoms with Gasteiger partial charge in [-0.15, -0.1) is 0 Å². The molecule has 1 aromatic rings. The highest BCUT2D eigenvalue weighted by Gasteiger charge is 2.22. The monoisotopic (exact) mass is 265 g/mol. The second kappa shape index (κ2) is 6.57. The Bertz CT molecular complexity index is 436. The molecular weight excluding hydrogens is 242 g/mol. The van der Waals surface area contributed by atoms with E-state index in [4.69, 9.17) is 4.74 Å². The maximum atomic E-state index is 11.5. The summed E-state index contributed by atoms with van der Waals surface area (Å²) in [5.74, 6) is 0.466. The lowest BCUT2D eigenvalue weighted by Gasteiger charge is -2.17. The first-order valence-electron chi connectivity index (χ1n) is 6.55. The number of rotatable bonds is 6. The second-order valence-corrected chi connectivity index (χ2v) is 5.06. The van der Waals surface area contributed by atoms with E-state index in [1.54, 1.807) is 7.11 Å². The number of methoxy groups -OCH3 is 1. The lowest BCUT2D eigenvalue weighted by atomic mass is 10.0. The van der Waals surface area contributed by atoms with E-state index in [1.165, 1.54) is 19.4 Å². The Morgan fingerprint density at radius 3 is 2.63 bits per heavy atom. The molecule has 0 unspecified atom stereocenters. The SMILES string of the molecule is CCc1ccc(OC)c(CCNC(=O)C(C)(C)O)c1. The summed E-state index contributed by atoms with van der Waals surface area (Å²) in [7, 11) is 1.64. The predicted octanol–water partition coefficient (Wildman–Crippen LogP) is 1.69. The van der Waals surface area contributed by atoms with Crippen molar-refractivity contribution in [2.45, 2.75) is 39.2 Å². The van der Waals surface area contributed by atoms with Crippen LogP contribution in [-0.4, -0.2) is 30.3 Å². The van der Waals surface area contributed by atoms with Crippen LogP contribution in [0.2, 0.25) is 0 Å². The van der Waals surface area contributed by atoms with Gasteiger partial charge in [0, 0.05) is 6.54 Å². The van der Waals surface area contributed by atoms with Crippen LogP contribution >= 0.6 is 0 Å².